The summed E-state index contributed by atoms with van der Waals surface area (Å²) in [4.78, 5) is 32.4. The van der Waals surface area contributed by atoms with Crippen molar-refractivity contribution in [1.82, 2.24) is 14.9 Å². The third-order valence-corrected chi connectivity index (χ3v) is 3.56. The summed E-state index contributed by atoms with van der Waals surface area (Å²) >= 11 is 0. The van der Waals surface area contributed by atoms with E-state index in [-0.39, 0.29) is 29.8 Å². The van der Waals surface area contributed by atoms with Gasteiger partial charge in [-0.2, -0.15) is 9.97 Å². The van der Waals surface area contributed by atoms with Crippen molar-refractivity contribution in [3.63, 3.8) is 0 Å². The van der Waals surface area contributed by atoms with Crippen LogP contribution in [0.3, 0.4) is 0 Å². The van der Waals surface area contributed by atoms with Gasteiger partial charge in [0.1, 0.15) is 5.82 Å². The van der Waals surface area contributed by atoms with E-state index in [9.17, 15) is 9.59 Å². The molecule has 0 aliphatic carbocycles. The van der Waals surface area contributed by atoms with E-state index < -0.39 is 5.97 Å². The van der Waals surface area contributed by atoms with Crippen LogP contribution in [0.2, 0.25) is 0 Å². The number of aromatic carboxylic acids is 1. The average molecular weight is 322 g/mol. The zero-order valence-corrected chi connectivity index (χ0v) is 13.6. The number of hydrogen-bond donors (Lipinski definition) is 2. The van der Waals surface area contributed by atoms with Gasteiger partial charge < -0.3 is 20.1 Å². The predicted molar refractivity (Wildman–Crippen MR) is 83.7 cm³/mol. The molecule has 1 aromatic rings. The van der Waals surface area contributed by atoms with Crippen molar-refractivity contribution in [3.05, 3.63) is 11.8 Å². The number of carbonyl (C=O) groups is 2. The van der Waals surface area contributed by atoms with Crippen molar-refractivity contribution < 1.29 is 19.4 Å². The summed E-state index contributed by atoms with van der Waals surface area (Å²) < 4.78 is 5.40. The molecule has 8 heteroatoms. The van der Waals surface area contributed by atoms with Crippen LogP contribution in [0.4, 0.5) is 5.82 Å². The number of hydrogen-bond acceptors (Lipinski definition) is 6. The molecule has 0 bridgehead atoms. The summed E-state index contributed by atoms with van der Waals surface area (Å²) in [5, 5.41) is 12.4. The Labute approximate surface area is 134 Å². The van der Waals surface area contributed by atoms with E-state index in [1.165, 1.54) is 6.07 Å². The molecule has 8 nitrogen and oxygen atoms in total. The number of likely N-dealkylation sites (tertiary alicyclic amines) is 1. The molecule has 1 saturated heterocycles. The Kier molecular flexibility index (Phi) is 5.36. The highest BCUT2D eigenvalue weighted by Gasteiger charge is 2.22. The highest BCUT2D eigenvalue weighted by Crippen LogP contribution is 2.18. The van der Waals surface area contributed by atoms with Gasteiger partial charge in [0.2, 0.25) is 5.91 Å². The molecule has 2 heterocycles. The summed E-state index contributed by atoms with van der Waals surface area (Å²) in [6.45, 7) is 6.56. The zero-order valence-electron chi connectivity index (χ0n) is 13.6. The minimum Gasteiger partial charge on any atom is -0.477 e. The van der Waals surface area contributed by atoms with E-state index in [2.05, 4.69) is 15.3 Å². The standard InChI is InChI=1S/C15H22N4O4/c1-9(2)23-15-17-12(14(21)22)8-13(18-15)16-11-4-6-19(7-5-11)10(3)20/h8-9,11H,4-7H2,1-3H3,(H,21,22)(H,16,17,18). The fourth-order valence-electron chi connectivity index (χ4n) is 2.42. The van der Waals surface area contributed by atoms with Crippen LogP contribution in [0.5, 0.6) is 6.01 Å². The van der Waals surface area contributed by atoms with E-state index in [4.69, 9.17) is 9.84 Å². The lowest BCUT2D eigenvalue weighted by molar-refractivity contribution is -0.129. The Morgan fingerprint density at radius 1 is 1.35 bits per heavy atom. The van der Waals surface area contributed by atoms with Crippen molar-refractivity contribution in [2.24, 2.45) is 0 Å². The first-order valence-corrected chi connectivity index (χ1v) is 7.66. The molecular weight excluding hydrogens is 300 g/mol. The fraction of sp³-hybridized carbons (Fsp3) is 0.600. The molecule has 0 atom stereocenters. The van der Waals surface area contributed by atoms with Crippen LogP contribution >= 0.6 is 0 Å². The van der Waals surface area contributed by atoms with E-state index in [1.807, 2.05) is 13.8 Å². The summed E-state index contributed by atoms with van der Waals surface area (Å²) in [6, 6.07) is 1.57. The number of carboxylic acids is 1. The smallest absolute Gasteiger partial charge is 0.354 e. The maximum absolute atomic E-state index is 11.3. The highest BCUT2D eigenvalue weighted by molar-refractivity contribution is 5.86. The van der Waals surface area contributed by atoms with Crippen LogP contribution in [-0.2, 0) is 4.79 Å². The van der Waals surface area contributed by atoms with E-state index in [0.717, 1.165) is 12.8 Å². The molecule has 0 aromatic carbocycles. The molecule has 0 radical (unpaired) electrons. The number of nitrogens with zero attached hydrogens (tertiary/aromatic N) is 3. The molecule has 1 aromatic heterocycles. The number of piperidine rings is 1. The first kappa shape index (κ1) is 17.0. The molecule has 1 aliphatic rings. The van der Waals surface area contributed by atoms with Crippen molar-refractivity contribution in [1.29, 1.82) is 0 Å². The van der Waals surface area contributed by atoms with Gasteiger partial charge in [-0.15, -0.1) is 0 Å². The molecule has 1 fully saturated rings. The van der Waals surface area contributed by atoms with E-state index in [1.54, 1.807) is 11.8 Å². The van der Waals surface area contributed by atoms with Crippen LogP contribution in [0.1, 0.15) is 44.1 Å². The van der Waals surface area contributed by atoms with Crippen LogP contribution in [0, 0.1) is 0 Å². The molecule has 0 spiro atoms. The predicted octanol–water partition coefficient (Wildman–Crippen LogP) is 1.38. The number of aromatic nitrogens is 2. The van der Waals surface area contributed by atoms with Crippen molar-refractivity contribution >= 4 is 17.7 Å². The van der Waals surface area contributed by atoms with Gasteiger partial charge in [-0.25, -0.2) is 4.79 Å². The number of carboxylic acid groups (broad SMARTS) is 1. The van der Waals surface area contributed by atoms with Gasteiger partial charge in [-0.05, 0) is 26.7 Å². The summed E-state index contributed by atoms with van der Waals surface area (Å²) in [5.74, 6) is -0.629. The highest BCUT2D eigenvalue weighted by atomic mass is 16.5. The second-order valence-electron chi connectivity index (χ2n) is 5.82. The molecule has 2 rings (SSSR count). The van der Waals surface area contributed by atoms with Gasteiger partial charge in [-0.3, -0.25) is 4.79 Å². The topological polar surface area (TPSA) is 105 Å². The lowest BCUT2D eigenvalue weighted by Crippen LogP contribution is -2.41. The molecule has 2 N–H and O–H groups in total. The van der Waals surface area contributed by atoms with Crippen LogP contribution in [0.25, 0.3) is 0 Å². The third-order valence-electron chi connectivity index (χ3n) is 3.56. The maximum atomic E-state index is 11.3. The quantitative estimate of drug-likeness (QED) is 0.844. The molecule has 0 unspecified atom stereocenters. The van der Waals surface area contributed by atoms with E-state index >= 15 is 0 Å². The average Bonchev–Trinajstić information content (AvgIpc) is 2.46. The largest absolute Gasteiger partial charge is 0.477 e. The Hall–Kier alpha value is -2.38. The number of nitrogens with one attached hydrogen (secondary N) is 1. The van der Waals surface area contributed by atoms with Gasteiger partial charge in [0.15, 0.2) is 5.69 Å². The van der Waals surface area contributed by atoms with E-state index in [0.29, 0.717) is 18.9 Å². The number of ether oxygens (including phenoxy) is 1. The minimum absolute atomic E-state index is 0.0450. The third kappa shape index (κ3) is 4.80. The van der Waals surface area contributed by atoms with Gasteiger partial charge in [0, 0.05) is 32.1 Å². The summed E-state index contributed by atoms with van der Waals surface area (Å²) in [7, 11) is 0. The number of rotatable bonds is 5. The number of carbonyl (C=O) groups excluding carboxylic acids is 1. The van der Waals surface area contributed by atoms with Crippen molar-refractivity contribution in [3.8, 4) is 6.01 Å². The zero-order chi connectivity index (χ0) is 17.0. The van der Waals surface area contributed by atoms with Crippen LogP contribution < -0.4 is 10.1 Å². The van der Waals surface area contributed by atoms with Gasteiger partial charge in [0.25, 0.3) is 0 Å². The number of anilines is 1. The monoisotopic (exact) mass is 322 g/mol. The Morgan fingerprint density at radius 3 is 2.52 bits per heavy atom. The lowest BCUT2D eigenvalue weighted by atomic mass is 10.1. The Morgan fingerprint density at radius 2 is 2.00 bits per heavy atom. The summed E-state index contributed by atoms with van der Waals surface area (Å²) in [5.41, 5.74) is -0.112. The fourth-order valence-corrected chi connectivity index (χ4v) is 2.42. The van der Waals surface area contributed by atoms with Gasteiger partial charge in [0.05, 0.1) is 6.10 Å². The first-order valence-electron chi connectivity index (χ1n) is 7.66. The lowest BCUT2D eigenvalue weighted by Gasteiger charge is -2.32. The molecule has 0 saturated carbocycles. The molecule has 1 aliphatic heterocycles. The number of amides is 1. The first-order chi connectivity index (χ1) is 10.8. The summed E-state index contributed by atoms with van der Waals surface area (Å²) in [6.07, 6.45) is 1.42. The van der Waals surface area contributed by atoms with Crippen LogP contribution in [-0.4, -0.2) is 57.1 Å². The molecule has 126 valence electrons. The molecule has 1 amide bonds. The van der Waals surface area contributed by atoms with Crippen LogP contribution in [0.15, 0.2) is 6.07 Å². The minimum atomic E-state index is -1.13. The molecule has 23 heavy (non-hydrogen) atoms. The van der Waals surface area contributed by atoms with Crippen molar-refractivity contribution in [2.75, 3.05) is 18.4 Å². The van der Waals surface area contributed by atoms with Gasteiger partial charge in [-0.1, -0.05) is 0 Å². The molecular formula is C15H22N4O4. The van der Waals surface area contributed by atoms with Gasteiger partial charge >= 0.3 is 12.0 Å². The van der Waals surface area contributed by atoms with Crippen molar-refractivity contribution in [2.45, 2.75) is 45.8 Å². The Balaban J connectivity index is 2.08. The maximum Gasteiger partial charge on any atom is 0.354 e. The SMILES string of the molecule is CC(=O)N1CCC(Nc2cc(C(=O)O)nc(OC(C)C)n2)CC1. The second-order valence-corrected chi connectivity index (χ2v) is 5.82. The second kappa shape index (κ2) is 7.26. The Bertz CT molecular complexity index is 583. The normalized spacial score (nSPS) is 15.6.